The van der Waals surface area contributed by atoms with E-state index < -0.39 is 0 Å². The summed E-state index contributed by atoms with van der Waals surface area (Å²) in [6.07, 6.45) is 6.05. The Morgan fingerprint density at radius 1 is 1.50 bits per heavy atom. The van der Waals surface area contributed by atoms with Gasteiger partial charge in [-0.15, -0.1) is 0 Å². The highest BCUT2D eigenvalue weighted by atomic mass is 16.1. The van der Waals surface area contributed by atoms with E-state index in [0.717, 1.165) is 56.7 Å². The molecule has 0 aromatic carbocycles. The van der Waals surface area contributed by atoms with Gasteiger partial charge in [-0.2, -0.15) is 0 Å². The predicted molar refractivity (Wildman–Crippen MR) is 80.3 cm³/mol. The number of carbonyl (C=O) groups is 1. The van der Waals surface area contributed by atoms with Crippen molar-refractivity contribution in [1.29, 1.82) is 0 Å². The maximum atomic E-state index is 11.5. The predicted octanol–water partition coefficient (Wildman–Crippen LogP) is 1.74. The lowest BCUT2D eigenvalue weighted by molar-refractivity contribution is -0.124. The van der Waals surface area contributed by atoms with Crippen LogP contribution in [0.4, 0.5) is 5.82 Å². The van der Waals surface area contributed by atoms with E-state index in [1.807, 2.05) is 12.3 Å². The van der Waals surface area contributed by atoms with E-state index in [-0.39, 0.29) is 11.9 Å². The van der Waals surface area contributed by atoms with E-state index in [0.29, 0.717) is 0 Å². The van der Waals surface area contributed by atoms with Crippen LogP contribution in [0.3, 0.4) is 0 Å². The van der Waals surface area contributed by atoms with Crippen molar-refractivity contribution in [1.82, 2.24) is 9.88 Å². The van der Waals surface area contributed by atoms with E-state index in [2.05, 4.69) is 28.2 Å². The number of amides is 1. The van der Waals surface area contributed by atoms with Crippen molar-refractivity contribution in [2.75, 3.05) is 18.4 Å². The summed E-state index contributed by atoms with van der Waals surface area (Å²) in [4.78, 5) is 18.0. The van der Waals surface area contributed by atoms with Crippen molar-refractivity contribution in [2.45, 2.75) is 45.2 Å². The molecule has 1 aliphatic heterocycles. The van der Waals surface area contributed by atoms with E-state index in [9.17, 15) is 4.79 Å². The molecule has 0 spiro atoms. The summed E-state index contributed by atoms with van der Waals surface area (Å²) >= 11 is 0. The molecule has 2 rings (SSSR count). The number of nitrogens with two attached hydrogens (primary N) is 1. The molecule has 20 heavy (non-hydrogen) atoms. The van der Waals surface area contributed by atoms with Gasteiger partial charge in [0.25, 0.3) is 0 Å². The third-order valence-corrected chi connectivity index (χ3v) is 3.71. The molecule has 1 unspecified atom stereocenters. The van der Waals surface area contributed by atoms with Gasteiger partial charge in [-0.05, 0) is 37.4 Å². The van der Waals surface area contributed by atoms with E-state index in [1.165, 1.54) is 0 Å². The van der Waals surface area contributed by atoms with Gasteiger partial charge in [0.2, 0.25) is 5.91 Å². The number of aromatic nitrogens is 1. The Kier molecular flexibility index (Phi) is 5.35. The van der Waals surface area contributed by atoms with Crippen molar-refractivity contribution in [2.24, 2.45) is 5.73 Å². The molecule has 0 saturated carbocycles. The summed E-state index contributed by atoms with van der Waals surface area (Å²) in [6, 6.07) is 3.94. The maximum Gasteiger partial charge on any atom is 0.234 e. The van der Waals surface area contributed by atoms with Crippen LogP contribution in [0.25, 0.3) is 0 Å². The molecule has 0 aliphatic carbocycles. The molecule has 2 heterocycles. The van der Waals surface area contributed by atoms with Gasteiger partial charge in [-0.1, -0.05) is 19.4 Å². The van der Waals surface area contributed by atoms with Gasteiger partial charge in [0.15, 0.2) is 0 Å². The average molecular weight is 276 g/mol. The minimum absolute atomic E-state index is 0.123. The van der Waals surface area contributed by atoms with E-state index >= 15 is 0 Å². The molecule has 1 atom stereocenters. The topological polar surface area (TPSA) is 71.2 Å². The number of hydrogen-bond acceptors (Lipinski definition) is 4. The molecule has 5 nitrogen and oxygen atoms in total. The van der Waals surface area contributed by atoms with Crippen LogP contribution in [0.1, 0.15) is 38.2 Å². The van der Waals surface area contributed by atoms with Gasteiger partial charge >= 0.3 is 0 Å². The van der Waals surface area contributed by atoms with Crippen LogP contribution >= 0.6 is 0 Å². The lowest BCUT2D eigenvalue weighted by Gasteiger charge is -2.33. The summed E-state index contributed by atoms with van der Waals surface area (Å²) in [5, 5.41) is 3.25. The molecule has 1 saturated heterocycles. The van der Waals surface area contributed by atoms with Crippen LogP contribution in [0, 0.1) is 0 Å². The van der Waals surface area contributed by atoms with Crippen molar-refractivity contribution < 1.29 is 4.79 Å². The maximum absolute atomic E-state index is 11.5. The fraction of sp³-hybridized carbons (Fsp3) is 0.600. The van der Waals surface area contributed by atoms with Crippen LogP contribution in [0.2, 0.25) is 0 Å². The highest BCUT2D eigenvalue weighted by Crippen LogP contribution is 2.19. The fourth-order valence-corrected chi connectivity index (χ4v) is 2.61. The van der Waals surface area contributed by atoms with Crippen LogP contribution < -0.4 is 11.1 Å². The van der Waals surface area contributed by atoms with Gasteiger partial charge < -0.3 is 11.1 Å². The summed E-state index contributed by atoms with van der Waals surface area (Å²) in [5.41, 5.74) is 6.61. The molecular formula is C15H24N4O. The minimum atomic E-state index is -0.209. The fourth-order valence-electron chi connectivity index (χ4n) is 2.61. The molecule has 1 fully saturated rings. The lowest BCUT2D eigenvalue weighted by Crippen LogP contribution is -2.47. The van der Waals surface area contributed by atoms with Crippen LogP contribution in [-0.2, 0) is 11.3 Å². The van der Waals surface area contributed by atoms with Crippen molar-refractivity contribution in [3.63, 3.8) is 0 Å². The van der Waals surface area contributed by atoms with Gasteiger partial charge in [-0.3, -0.25) is 9.69 Å². The Balaban J connectivity index is 1.96. The number of anilines is 1. The summed E-state index contributed by atoms with van der Waals surface area (Å²) in [6.45, 7) is 4.74. The number of primary amides is 1. The molecule has 1 aromatic rings. The van der Waals surface area contributed by atoms with Crippen LogP contribution in [0.15, 0.2) is 18.3 Å². The first-order valence-electron chi connectivity index (χ1n) is 7.43. The van der Waals surface area contributed by atoms with Gasteiger partial charge in [0, 0.05) is 19.3 Å². The SMILES string of the molecule is CCCNc1ccc(CN2CCCCC2C(N)=O)cn1. The van der Waals surface area contributed by atoms with Crippen molar-refractivity contribution >= 4 is 11.7 Å². The first kappa shape index (κ1) is 14.8. The largest absolute Gasteiger partial charge is 0.370 e. The first-order chi connectivity index (χ1) is 9.70. The Morgan fingerprint density at radius 2 is 2.35 bits per heavy atom. The Hall–Kier alpha value is -1.62. The molecule has 1 amide bonds. The standard InChI is InChI=1S/C15H24N4O/c1-2-8-17-14-7-6-12(10-18-14)11-19-9-4-3-5-13(19)15(16)20/h6-7,10,13H,2-5,8-9,11H2,1H3,(H2,16,20)(H,17,18). The Morgan fingerprint density at radius 3 is 3.00 bits per heavy atom. The minimum Gasteiger partial charge on any atom is -0.370 e. The Labute approximate surface area is 120 Å². The molecule has 0 bridgehead atoms. The second-order valence-corrected chi connectivity index (χ2v) is 5.36. The van der Waals surface area contributed by atoms with Gasteiger partial charge in [-0.25, -0.2) is 4.98 Å². The highest BCUT2D eigenvalue weighted by molar-refractivity contribution is 5.79. The molecular weight excluding hydrogens is 252 g/mol. The molecule has 110 valence electrons. The number of carbonyl (C=O) groups excluding carboxylic acids is 1. The van der Waals surface area contributed by atoms with E-state index in [1.54, 1.807) is 0 Å². The van der Waals surface area contributed by atoms with Crippen molar-refractivity contribution in [3.05, 3.63) is 23.9 Å². The first-order valence-corrected chi connectivity index (χ1v) is 7.43. The quantitative estimate of drug-likeness (QED) is 0.830. The second kappa shape index (κ2) is 7.24. The van der Waals surface area contributed by atoms with E-state index in [4.69, 9.17) is 5.73 Å². The van der Waals surface area contributed by atoms with Gasteiger partial charge in [0.1, 0.15) is 5.82 Å². The number of piperidine rings is 1. The third-order valence-electron chi connectivity index (χ3n) is 3.71. The highest BCUT2D eigenvalue weighted by Gasteiger charge is 2.26. The molecule has 5 heteroatoms. The zero-order valence-corrected chi connectivity index (χ0v) is 12.1. The van der Waals surface area contributed by atoms with Gasteiger partial charge in [0.05, 0.1) is 6.04 Å². The summed E-state index contributed by atoms with van der Waals surface area (Å²) in [7, 11) is 0. The summed E-state index contributed by atoms with van der Waals surface area (Å²) < 4.78 is 0. The molecule has 1 aliphatic rings. The lowest BCUT2D eigenvalue weighted by atomic mass is 10.0. The number of nitrogens with zero attached hydrogens (tertiary/aromatic N) is 2. The van der Waals surface area contributed by atoms with Crippen LogP contribution in [0.5, 0.6) is 0 Å². The second-order valence-electron chi connectivity index (χ2n) is 5.36. The molecule has 3 N–H and O–H groups in total. The Bertz CT molecular complexity index is 432. The molecule has 1 aromatic heterocycles. The monoisotopic (exact) mass is 276 g/mol. The normalized spacial score (nSPS) is 19.8. The third kappa shape index (κ3) is 3.93. The number of likely N-dealkylation sites (tertiary alicyclic amines) is 1. The summed E-state index contributed by atoms with van der Waals surface area (Å²) in [5.74, 6) is 0.694. The van der Waals surface area contributed by atoms with Crippen molar-refractivity contribution in [3.8, 4) is 0 Å². The number of pyridine rings is 1. The smallest absolute Gasteiger partial charge is 0.234 e. The molecule has 0 radical (unpaired) electrons. The zero-order valence-electron chi connectivity index (χ0n) is 12.1. The number of nitrogens with one attached hydrogen (secondary N) is 1. The number of rotatable bonds is 6. The average Bonchev–Trinajstić information content (AvgIpc) is 2.47. The van der Waals surface area contributed by atoms with Crippen LogP contribution in [-0.4, -0.2) is 34.9 Å². The zero-order chi connectivity index (χ0) is 14.4. The number of hydrogen-bond donors (Lipinski definition) is 2.